The van der Waals surface area contributed by atoms with Crippen molar-refractivity contribution < 1.29 is 19.5 Å². The van der Waals surface area contributed by atoms with Crippen molar-refractivity contribution in [3.63, 3.8) is 0 Å². The fourth-order valence-corrected chi connectivity index (χ4v) is 1.93. The van der Waals surface area contributed by atoms with E-state index in [9.17, 15) is 14.4 Å². The van der Waals surface area contributed by atoms with Crippen LogP contribution in [0, 0.1) is 0 Å². The van der Waals surface area contributed by atoms with Gasteiger partial charge >= 0.3 is 5.97 Å². The second-order valence-electron chi connectivity index (χ2n) is 5.56. The predicted octanol–water partition coefficient (Wildman–Crippen LogP) is 1.66. The maximum atomic E-state index is 11.8. The molecule has 124 valence electrons. The lowest BCUT2D eigenvalue weighted by Gasteiger charge is -2.12. The van der Waals surface area contributed by atoms with Crippen LogP contribution in [0.3, 0.4) is 0 Å². The molecular formula is C17H22N2O4. The summed E-state index contributed by atoms with van der Waals surface area (Å²) in [6, 6.07) is 6.61. The number of aliphatic carboxylic acids is 1. The molecular weight excluding hydrogens is 296 g/mol. The molecule has 23 heavy (non-hydrogen) atoms. The maximum Gasteiger partial charge on any atom is 0.326 e. The third-order valence-electron chi connectivity index (χ3n) is 3.32. The van der Waals surface area contributed by atoms with E-state index in [0.29, 0.717) is 5.92 Å². The van der Waals surface area contributed by atoms with E-state index in [1.807, 2.05) is 24.3 Å². The standard InChI is InChI=1S/C17H22N2O4/c1-11(2)13-6-3-12(4-7-13)5-10-16(21)19-14(17(22)23)8-9-15(18)20/h3-7,10-11,14H,8-9H2,1-2H3,(H2,18,20)(H,19,21)(H,22,23)/b10-5+. The number of carboxylic acids is 1. The summed E-state index contributed by atoms with van der Waals surface area (Å²) in [5, 5.41) is 11.4. The highest BCUT2D eigenvalue weighted by molar-refractivity contribution is 5.94. The van der Waals surface area contributed by atoms with Gasteiger partial charge in [-0.05, 0) is 29.5 Å². The van der Waals surface area contributed by atoms with E-state index in [1.165, 1.54) is 11.6 Å². The molecule has 6 heteroatoms. The first-order valence-electron chi connectivity index (χ1n) is 7.39. The van der Waals surface area contributed by atoms with Gasteiger partial charge < -0.3 is 16.2 Å². The van der Waals surface area contributed by atoms with Crippen LogP contribution in [0.25, 0.3) is 6.08 Å². The smallest absolute Gasteiger partial charge is 0.326 e. The molecule has 1 unspecified atom stereocenters. The summed E-state index contributed by atoms with van der Waals surface area (Å²) in [4.78, 5) is 33.5. The first-order valence-corrected chi connectivity index (χ1v) is 7.39. The Morgan fingerprint density at radius 3 is 2.30 bits per heavy atom. The van der Waals surface area contributed by atoms with Gasteiger partial charge in [0.15, 0.2) is 0 Å². The molecule has 4 N–H and O–H groups in total. The molecule has 0 heterocycles. The molecule has 0 aliphatic carbocycles. The van der Waals surface area contributed by atoms with Crippen LogP contribution in [0.4, 0.5) is 0 Å². The van der Waals surface area contributed by atoms with Crippen LogP contribution < -0.4 is 11.1 Å². The minimum absolute atomic E-state index is 0.0344. The lowest BCUT2D eigenvalue weighted by molar-refractivity contribution is -0.141. The Kier molecular flexibility index (Phi) is 6.99. The molecule has 6 nitrogen and oxygen atoms in total. The Morgan fingerprint density at radius 1 is 1.22 bits per heavy atom. The number of carbonyl (C=O) groups excluding carboxylic acids is 2. The number of nitrogens with one attached hydrogen (secondary N) is 1. The Hall–Kier alpha value is -2.63. The molecule has 0 aliphatic heterocycles. The summed E-state index contributed by atoms with van der Waals surface area (Å²) < 4.78 is 0. The minimum Gasteiger partial charge on any atom is -0.480 e. The SMILES string of the molecule is CC(C)c1ccc(/C=C/C(=O)NC(CCC(N)=O)C(=O)O)cc1. The molecule has 0 spiro atoms. The lowest BCUT2D eigenvalue weighted by Crippen LogP contribution is -2.40. The Balaban J connectivity index is 2.62. The van der Waals surface area contributed by atoms with Crippen molar-refractivity contribution in [3.8, 4) is 0 Å². The summed E-state index contributed by atoms with van der Waals surface area (Å²) in [6.07, 6.45) is 2.74. The molecule has 2 amide bonds. The van der Waals surface area contributed by atoms with E-state index in [4.69, 9.17) is 10.8 Å². The van der Waals surface area contributed by atoms with Gasteiger partial charge in [-0.25, -0.2) is 4.79 Å². The van der Waals surface area contributed by atoms with E-state index in [1.54, 1.807) is 6.08 Å². The van der Waals surface area contributed by atoms with E-state index >= 15 is 0 Å². The summed E-state index contributed by atoms with van der Waals surface area (Å²) in [5.74, 6) is -1.91. The highest BCUT2D eigenvalue weighted by atomic mass is 16.4. The Bertz CT molecular complexity index is 591. The highest BCUT2D eigenvalue weighted by Gasteiger charge is 2.19. The molecule has 1 aromatic carbocycles. The molecule has 1 atom stereocenters. The van der Waals surface area contributed by atoms with Crippen molar-refractivity contribution in [1.82, 2.24) is 5.32 Å². The highest BCUT2D eigenvalue weighted by Crippen LogP contribution is 2.15. The van der Waals surface area contributed by atoms with Crippen LogP contribution >= 0.6 is 0 Å². The van der Waals surface area contributed by atoms with Gasteiger partial charge in [0.25, 0.3) is 0 Å². The number of primary amides is 1. The monoisotopic (exact) mass is 318 g/mol. The third-order valence-corrected chi connectivity index (χ3v) is 3.32. The topological polar surface area (TPSA) is 109 Å². The second-order valence-corrected chi connectivity index (χ2v) is 5.56. The molecule has 0 aliphatic rings. The zero-order chi connectivity index (χ0) is 17.4. The van der Waals surface area contributed by atoms with Crippen molar-refractivity contribution in [2.45, 2.75) is 38.6 Å². The van der Waals surface area contributed by atoms with Gasteiger partial charge in [0, 0.05) is 12.5 Å². The summed E-state index contributed by atoms with van der Waals surface area (Å²) in [7, 11) is 0. The number of rotatable bonds is 8. The van der Waals surface area contributed by atoms with Gasteiger partial charge in [-0.3, -0.25) is 9.59 Å². The van der Waals surface area contributed by atoms with E-state index < -0.39 is 23.8 Å². The lowest BCUT2D eigenvalue weighted by atomic mass is 10.0. The van der Waals surface area contributed by atoms with Gasteiger partial charge in [-0.15, -0.1) is 0 Å². The molecule has 0 saturated carbocycles. The molecule has 0 saturated heterocycles. The molecule has 0 fully saturated rings. The van der Waals surface area contributed by atoms with Gasteiger partial charge in [-0.2, -0.15) is 0 Å². The van der Waals surface area contributed by atoms with Crippen LogP contribution in [0.1, 0.15) is 43.7 Å². The number of hydrogen-bond acceptors (Lipinski definition) is 3. The normalized spacial score (nSPS) is 12.3. The first kappa shape index (κ1) is 18.4. The van der Waals surface area contributed by atoms with E-state index in [-0.39, 0.29) is 12.8 Å². The van der Waals surface area contributed by atoms with Gasteiger partial charge in [0.2, 0.25) is 11.8 Å². The zero-order valence-electron chi connectivity index (χ0n) is 13.3. The van der Waals surface area contributed by atoms with Crippen molar-refractivity contribution in [2.24, 2.45) is 5.73 Å². The van der Waals surface area contributed by atoms with Crippen LogP contribution in [0.2, 0.25) is 0 Å². The molecule has 0 radical (unpaired) electrons. The quantitative estimate of drug-likeness (QED) is 0.633. The predicted molar refractivity (Wildman–Crippen MR) is 87.6 cm³/mol. The number of nitrogens with two attached hydrogens (primary N) is 1. The van der Waals surface area contributed by atoms with Crippen molar-refractivity contribution in [1.29, 1.82) is 0 Å². The fraction of sp³-hybridized carbons (Fsp3) is 0.353. The van der Waals surface area contributed by atoms with Crippen LogP contribution in [-0.4, -0.2) is 28.9 Å². The van der Waals surface area contributed by atoms with E-state index in [2.05, 4.69) is 19.2 Å². The first-order chi connectivity index (χ1) is 10.8. The van der Waals surface area contributed by atoms with E-state index in [0.717, 1.165) is 5.56 Å². The molecule has 1 rings (SSSR count). The fourth-order valence-electron chi connectivity index (χ4n) is 1.93. The van der Waals surface area contributed by atoms with Crippen molar-refractivity contribution in [3.05, 3.63) is 41.5 Å². The number of carboxylic acid groups (broad SMARTS) is 1. The maximum absolute atomic E-state index is 11.8. The summed E-state index contributed by atoms with van der Waals surface area (Å²) in [5.41, 5.74) is 7.02. The Labute approximate surface area is 135 Å². The molecule has 0 aromatic heterocycles. The largest absolute Gasteiger partial charge is 0.480 e. The van der Waals surface area contributed by atoms with Gasteiger partial charge in [0.1, 0.15) is 6.04 Å². The number of carbonyl (C=O) groups is 3. The Morgan fingerprint density at radius 2 is 1.83 bits per heavy atom. The third kappa shape index (κ3) is 6.78. The van der Waals surface area contributed by atoms with Gasteiger partial charge in [0.05, 0.1) is 0 Å². The van der Waals surface area contributed by atoms with Crippen LogP contribution in [0.15, 0.2) is 30.3 Å². The van der Waals surface area contributed by atoms with Crippen LogP contribution in [-0.2, 0) is 14.4 Å². The van der Waals surface area contributed by atoms with Crippen LogP contribution in [0.5, 0.6) is 0 Å². The number of amides is 2. The average Bonchev–Trinajstić information content (AvgIpc) is 2.49. The number of hydrogen-bond donors (Lipinski definition) is 3. The minimum atomic E-state index is -1.20. The molecule has 0 bridgehead atoms. The molecule has 1 aromatic rings. The van der Waals surface area contributed by atoms with Gasteiger partial charge in [-0.1, -0.05) is 38.1 Å². The second kappa shape index (κ2) is 8.73. The zero-order valence-corrected chi connectivity index (χ0v) is 13.3. The average molecular weight is 318 g/mol. The number of benzene rings is 1. The summed E-state index contributed by atoms with van der Waals surface area (Å²) >= 11 is 0. The summed E-state index contributed by atoms with van der Waals surface area (Å²) in [6.45, 7) is 4.19. The van der Waals surface area contributed by atoms with Crippen molar-refractivity contribution >= 4 is 23.9 Å². The van der Waals surface area contributed by atoms with Crippen molar-refractivity contribution in [2.75, 3.05) is 0 Å².